The molecule has 2 aromatic rings. The monoisotopic (exact) mass is 334 g/mol. The maximum absolute atomic E-state index is 5.32. The van der Waals surface area contributed by atoms with E-state index in [4.69, 9.17) is 4.74 Å². The van der Waals surface area contributed by atoms with Gasteiger partial charge in [0.15, 0.2) is 0 Å². The largest absolute Gasteiger partial charge is 0.496 e. The number of methoxy groups -OCH3 is 1. The molecule has 0 aliphatic heterocycles. The Hall–Kier alpha value is -1.39. The van der Waals surface area contributed by atoms with Crippen molar-refractivity contribution in [3.8, 4) is 5.75 Å². The van der Waals surface area contributed by atoms with E-state index in [9.17, 15) is 0 Å². The van der Waals surface area contributed by atoms with Crippen LogP contribution in [0.4, 0.5) is 0 Å². The van der Waals surface area contributed by atoms with Gasteiger partial charge in [-0.1, -0.05) is 19.1 Å². The Bertz CT molecular complexity index is 586. The van der Waals surface area contributed by atoms with Crippen LogP contribution in [0.2, 0.25) is 0 Å². The zero-order chi connectivity index (χ0) is 14.5. The SMILES string of the molecule is CCNC(c1cncc(Br)c1)c1ccc(OC)c(C)c1. The minimum Gasteiger partial charge on any atom is -0.496 e. The summed E-state index contributed by atoms with van der Waals surface area (Å²) >= 11 is 3.48. The number of nitrogens with one attached hydrogen (secondary N) is 1. The molecule has 0 aliphatic carbocycles. The lowest BCUT2D eigenvalue weighted by atomic mass is 9.98. The highest BCUT2D eigenvalue weighted by Gasteiger charge is 2.14. The summed E-state index contributed by atoms with van der Waals surface area (Å²) < 4.78 is 6.31. The summed E-state index contributed by atoms with van der Waals surface area (Å²) in [4.78, 5) is 4.26. The van der Waals surface area contributed by atoms with E-state index in [2.05, 4.69) is 58.3 Å². The Labute approximate surface area is 128 Å². The fourth-order valence-corrected chi connectivity index (χ4v) is 2.68. The topological polar surface area (TPSA) is 34.2 Å². The molecule has 0 saturated heterocycles. The number of benzene rings is 1. The summed E-state index contributed by atoms with van der Waals surface area (Å²) in [6.07, 6.45) is 3.70. The van der Waals surface area contributed by atoms with E-state index in [1.807, 2.05) is 12.3 Å². The van der Waals surface area contributed by atoms with Gasteiger partial charge >= 0.3 is 0 Å². The van der Waals surface area contributed by atoms with E-state index in [1.54, 1.807) is 13.3 Å². The van der Waals surface area contributed by atoms with Crippen LogP contribution in [0.15, 0.2) is 41.1 Å². The van der Waals surface area contributed by atoms with E-state index in [0.717, 1.165) is 27.9 Å². The van der Waals surface area contributed by atoms with Crippen molar-refractivity contribution in [2.24, 2.45) is 0 Å². The number of aromatic nitrogens is 1. The van der Waals surface area contributed by atoms with Crippen LogP contribution in [-0.4, -0.2) is 18.6 Å². The van der Waals surface area contributed by atoms with Gasteiger partial charge in [0.25, 0.3) is 0 Å². The second kappa shape index (κ2) is 6.86. The Balaban J connectivity index is 2.40. The first-order chi connectivity index (χ1) is 9.65. The molecular weight excluding hydrogens is 316 g/mol. The van der Waals surface area contributed by atoms with Crippen LogP contribution in [0.1, 0.15) is 29.7 Å². The summed E-state index contributed by atoms with van der Waals surface area (Å²) in [5, 5.41) is 3.51. The second-order valence-electron chi connectivity index (χ2n) is 4.66. The number of halogens is 1. The molecular formula is C16H19BrN2O. The number of nitrogens with zero attached hydrogens (tertiary/aromatic N) is 1. The Morgan fingerprint density at radius 1 is 1.25 bits per heavy atom. The van der Waals surface area contributed by atoms with Crippen LogP contribution >= 0.6 is 15.9 Å². The number of pyridine rings is 1. The summed E-state index contributed by atoms with van der Waals surface area (Å²) in [6, 6.07) is 8.50. The zero-order valence-corrected chi connectivity index (χ0v) is 13.6. The maximum Gasteiger partial charge on any atom is 0.121 e. The Morgan fingerprint density at radius 2 is 2.05 bits per heavy atom. The Morgan fingerprint density at radius 3 is 2.65 bits per heavy atom. The molecule has 0 fully saturated rings. The van der Waals surface area contributed by atoms with E-state index < -0.39 is 0 Å². The predicted octanol–water partition coefficient (Wildman–Crippen LogP) is 3.86. The highest BCUT2D eigenvalue weighted by atomic mass is 79.9. The van der Waals surface area contributed by atoms with E-state index in [0.29, 0.717) is 0 Å². The highest BCUT2D eigenvalue weighted by molar-refractivity contribution is 9.10. The fourth-order valence-electron chi connectivity index (χ4n) is 2.30. The minimum absolute atomic E-state index is 0.134. The molecule has 0 saturated carbocycles. The van der Waals surface area contributed by atoms with Gasteiger partial charge < -0.3 is 10.1 Å². The molecule has 3 nitrogen and oxygen atoms in total. The third-order valence-corrected chi connectivity index (χ3v) is 3.65. The summed E-state index contributed by atoms with van der Waals surface area (Å²) in [5.74, 6) is 0.913. The van der Waals surface area contributed by atoms with Gasteiger partial charge in [-0.25, -0.2) is 0 Å². The number of aryl methyl sites for hydroxylation is 1. The molecule has 1 heterocycles. The molecule has 0 radical (unpaired) electrons. The molecule has 2 rings (SSSR count). The van der Waals surface area contributed by atoms with Gasteiger partial charge in [-0.2, -0.15) is 0 Å². The standard InChI is InChI=1S/C16H19BrN2O/c1-4-19-16(13-8-14(17)10-18-9-13)12-5-6-15(20-3)11(2)7-12/h5-10,16,19H,4H2,1-3H3. The molecule has 1 aromatic heterocycles. The summed E-state index contributed by atoms with van der Waals surface area (Å²) in [6.45, 7) is 5.06. The van der Waals surface area contributed by atoms with Crippen LogP contribution in [-0.2, 0) is 0 Å². The molecule has 0 spiro atoms. The van der Waals surface area contributed by atoms with Crippen molar-refractivity contribution in [3.05, 3.63) is 57.8 Å². The highest BCUT2D eigenvalue weighted by Crippen LogP contribution is 2.27. The first kappa shape index (κ1) is 15.0. The van der Waals surface area contributed by atoms with Crippen molar-refractivity contribution in [3.63, 3.8) is 0 Å². The van der Waals surface area contributed by atoms with E-state index in [1.165, 1.54) is 5.56 Å². The van der Waals surface area contributed by atoms with Gasteiger partial charge in [0.2, 0.25) is 0 Å². The molecule has 0 aliphatic rings. The van der Waals surface area contributed by atoms with Gasteiger partial charge in [-0.15, -0.1) is 0 Å². The molecule has 0 bridgehead atoms. The van der Waals surface area contributed by atoms with Crippen LogP contribution in [0.25, 0.3) is 0 Å². The van der Waals surface area contributed by atoms with Gasteiger partial charge in [0.1, 0.15) is 5.75 Å². The van der Waals surface area contributed by atoms with Crippen molar-refractivity contribution >= 4 is 15.9 Å². The molecule has 1 atom stereocenters. The molecule has 1 unspecified atom stereocenters. The number of ether oxygens (including phenoxy) is 1. The van der Waals surface area contributed by atoms with Gasteiger partial charge in [0, 0.05) is 16.9 Å². The molecule has 106 valence electrons. The lowest BCUT2D eigenvalue weighted by Gasteiger charge is -2.20. The third-order valence-electron chi connectivity index (χ3n) is 3.22. The van der Waals surface area contributed by atoms with Crippen LogP contribution in [0, 0.1) is 6.92 Å². The van der Waals surface area contributed by atoms with Gasteiger partial charge in [0.05, 0.1) is 13.2 Å². The van der Waals surface area contributed by atoms with Crippen LogP contribution in [0.5, 0.6) is 5.75 Å². The first-order valence-corrected chi connectivity index (χ1v) is 7.43. The van der Waals surface area contributed by atoms with Crippen LogP contribution < -0.4 is 10.1 Å². The molecule has 20 heavy (non-hydrogen) atoms. The number of hydrogen-bond donors (Lipinski definition) is 1. The van der Waals surface area contributed by atoms with E-state index >= 15 is 0 Å². The Kier molecular flexibility index (Phi) is 5.15. The molecule has 0 amide bonds. The van der Waals surface area contributed by atoms with Crippen molar-refractivity contribution < 1.29 is 4.74 Å². The fraction of sp³-hybridized carbons (Fsp3) is 0.312. The normalized spacial score (nSPS) is 12.2. The summed E-state index contributed by atoms with van der Waals surface area (Å²) in [7, 11) is 1.70. The molecule has 1 N–H and O–H groups in total. The molecule has 4 heteroatoms. The second-order valence-corrected chi connectivity index (χ2v) is 5.57. The number of rotatable bonds is 5. The molecule has 1 aromatic carbocycles. The van der Waals surface area contributed by atoms with Crippen molar-refractivity contribution in [1.82, 2.24) is 10.3 Å². The third kappa shape index (κ3) is 3.38. The smallest absolute Gasteiger partial charge is 0.121 e. The maximum atomic E-state index is 5.32. The average Bonchev–Trinajstić information content (AvgIpc) is 2.44. The quantitative estimate of drug-likeness (QED) is 0.901. The van der Waals surface area contributed by atoms with Gasteiger partial charge in [-0.05, 0) is 58.2 Å². The summed E-state index contributed by atoms with van der Waals surface area (Å²) in [5.41, 5.74) is 3.49. The predicted molar refractivity (Wildman–Crippen MR) is 85.2 cm³/mol. The van der Waals surface area contributed by atoms with Crippen molar-refractivity contribution in [1.29, 1.82) is 0 Å². The minimum atomic E-state index is 0.134. The number of hydrogen-bond acceptors (Lipinski definition) is 3. The van der Waals surface area contributed by atoms with Crippen LogP contribution in [0.3, 0.4) is 0 Å². The van der Waals surface area contributed by atoms with Crippen molar-refractivity contribution in [2.45, 2.75) is 19.9 Å². The lowest BCUT2D eigenvalue weighted by molar-refractivity contribution is 0.411. The van der Waals surface area contributed by atoms with Crippen molar-refractivity contribution in [2.75, 3.05) is 13.7 Å². The first-order valence-electron chi connectivity index (χ1n) is 6.64. The lowest BCUT2D eigenvalue weighted by Crippen LogP contribution is -2.22. The average molecular weight is 335 g/mol. The zero-order valence-electron chi connectivity index (χ0n) is 12.0. The van der Waals surface area contributed by atoms with Gasteiger partial charge in [-0.3, -0.25) is 4.98 Å². The van der Waals surface area contributed by atoms with E-state index in [-0.39, 0.29) is 6.04 Å².